The van der Waals surface area contributed by atoms with Gasteiger partial charge in [-0.1, -0.05) is 90.5 Å². The van der Waals surface area contributed by atoms with E-state index < -0.39 is 16.1 Å². The highest BCUT2D eigenvalue weighted by Crippen LogP contribution is 2.28. The molecule has 0 unspecified atom stereocenters. The Hall–Kier alpha value is -3.90. The molecule has 0 aliphatic rings. The second kappa shape index (κ2) is 9.93. The van der Waals surface area contributed by atoms with Gasteiger partial charge in [0.05, 0.1) is 22.2 Å². The summed E-state index contributed by atoms with van der Waals surface area (Å²) in [6.45, 7) is 2.01. The number of carbonyl (C=O) groups excluding carboxylic acids is 1. The van der Waals surface area contributed by atoms with E-state index >= 15 is 0 Å². The van der Waals surface area contributed by atoms with Crippen LogP contribution in [0.5, 0.6) is 0 Å². The summed E-state index contributed by atoms with van der Waals surface area (Å²) in [4.78, 5) is 13.7. The maximum atomic E-state index is 13.5. The highest BCUT2D eigenvalue weighted by Gasteiger charge is 2.26. The van der Waals surface area contributed by atoms with E-state index in [0.717, 1.165) is 21.0 Å². The number of sulfonamides is 1. The van der Waals surface area contributed by atoms with Crippen molar-refractivity contribution in [2.45, 2.75) is 17.9 Å². The number of nitrogens with one attached hydrogen (secondary N) is 1. The lowest BCUT2D eigenvalue weighted by Gasteiger charge is -2.24. The minimum absolute atomic E-state index is 0.162. The SMILES string of the molecule is Cc1ccc([C@@H](NC(=O)c2ccccc2N(C)S(=O)(=O)c2ccccc2)c2ccccc2)cc1. The van der Waals surface area contributed by atoms with Gasteiger partial charge in [-0.05, 0) is 42.3 Å². The fraction of sp³-hybridized carbons (Fsp3) is 0.107. The lowest BCUT2D eigenvalue weighted by Crippen LogP contribution is -2.33. The van der Waals surface area contributed by atoms with E-state index in [4.69, 9.17) is 0 Å². The zero-order valence-corrected chi connectivity index (χ0v) is 19.9. The monoisotopic (exact) mass is 470 g/mol. The third kappa shape index (κ3) is 4.87. The lowest BCUT2D eigenvalue weighted by molar-refractivity contribution is 0.0943. The summed E-state index contributed by atoms with van der Waals surface area (Å²) >= 11 is 0. The van der Waals surface area contributed by atoms with Gasteiger partial charge in [-0.25, -0.2) is 8.42 Å². The van der Waals surface area contributed by atoms with Crippen molar-refractivity contribution in [3.63, 3.8) is 0 Å². The molecule has 172 valence electrons. The molecule has 4 aromatic carbocycles. The normalized spacial score (nSPS) is 12.1. The molecule has 1 atom stereocenters. The molecule has 0 saturated carbocycles. The molecule has 6 heteroatoms. The van der Waals surface area contributed by atoms with Crippen molar-refractivity contribution in [1.82, 2.24) is 5.32 Å². The second-order valence-electron chi connectivity index (χ2n) is 8.03. The van der Waals surface area contributed by atoms with Crippen LogP contribution in [0.4, 0.5) is 5.69 Å². The number of hydrogen-bond donors (Lipinski definition) is 1. The topological polar surface area (TPSA) is 66.5 Å². The number of rotatable bonds is 7. The third-order valence-electron chi connectivity index (χ3n) is 5.71. The molecule has 0 aliphatic heterocycles. The number of aryl methyl sites for hydroxylation is 1. The number of benzene rings is 4. The van der Waals surface area contributed by atoms with E-state index in [-0.39, 0.29) is 16.4 Å². The van der Waals surface area contributed by atoms with Crippen molar-refractivity contribution in [2.75, 3.05) is 11.4 Å². The molecule has 0 spiro atoms. The van der Waals surface area contributed by atoms with Gasteiger partial charge >= 0.3 is 0 Å². The van der Waals surface area contributed by atoms with Gasteiger partial charge in [-0.2, -0.15) is 0 Å². The Morgan fingerprint density at radius 1 is 0.735 bits per heavy atom. The maximum Gasteiger partial charge on any atom is 0.264 e. The van der Waals surface area contributed by atoms with Gasteiger partial charge in [0.1, 0.15) is 0 Å². The summed E-state index contributed by atoms with van der Waals surface area (Å²) in [6.07, 6.45) is 0. The van der Waals surface area contributed by atoms with Crippen LogP contribution in [-0.2, 0) is 10.0 Å². The van der Waals surface area contributed by atoms with Gasteiger partial charge in [-0.15, -0.1) is 0 Å². The summed E-state index contributed by atoms with van der Waals surface area (Å²) in [6, 6.07) is 32.2. The zero-order valence-electron chi connectivity index (χ0n) is 19.0. The van der Waals surface area contributed by atoms with Crippen LogP contribution >= 0.6 is 0 Å². The van der Waals surface area contributed by atoms with Crippen LogP contribution in [0.1, 0.15) is 33.1 Å². The molecule has 1 amide bonds. The Morgan fingerprint density at radius 3 is 1.91 bits per heavy atom. The summed E-state index contributed by atoms with van der Waals surface area (Å²) < 4.78 is 27.6. The zero-order chi connectivity index (χ0) is 24.1. The Kier molecular flexibility index (Phi) is 6.80. The van der Waals surface area contributed by atoms with E-state index in [1.807, 2.05) is 61.5 Å². The fourth-order valence-electron chi connectivity index (χ4n) is 3.79. The lowest BCUT2D eigenvalue weighted by atomic mass is 9.97. The molecule has 0 bridgehead atoms. The summed E-state index contributed by atoms with van der Waals surface area (Å²) in [5.41, 5.74) is 3.58. The van der Waals surface area contributed by atoms with Crippen LogP contribution in [-0.4, -0.2) is 21.4 Å². The highest BCUT2D eigenvalue weighted by molar-refractivity contribution is 7.92. The van der Waals surface area contributed by atoms with E-state index in [0.29, 0.717) is 5.69 Å². The molecule has 0 radical (unpaired) electrons. The minimum Gasteiger partial charge on any atom is -0.341 e. The first-order chi connectivity index (χ1) is 16.4. The Bertz CT molecular complexity index is 1370. The smallest absolute Gasteiger partial charge is 0.264 e. The Balaban J connectivity index is 1.70. The van der Waals surface area contributed by atoms with Gasteiger partial charge in [0.15, 0.2) is 0 Å². The van der Waals surface area contributed by atoms with E-state index in [2.05, 4.69) is 5.32 Å². The number of anilines is 1. The number of para-hydroxylation sites is 1. The molecule has 0 aliphatic carbocycles. The van der Waals surface area contributed by atoms with Crippen molar-refractivity contribution in [3.05, 3.63) is 131 Å². The van der Waals surface area contributed by atoms with Gasteiger partial charge in [0.25, 0.3) is 15.9 Å². The molecule has 0 heterocycles. The van der Waals surface area contributed by atoms with E-state index in [1.165, 1.54) is 19.2 Å². The van der Waals surface area contributed by atoms with Crippen molar-refractivity contribution in [3.8, 4) is 0 Å². The fourth-order valence-corrected chi connectivity index (χ4v) is 5.03. The average molecular weight is 471 g/mol. The van der Waals surface area contributed by atoms with Crippen molar-refractivity contribution < 1.29 is 13.2 Å². The van der Waals surface area contributed by atoms with Crippen LogP contribution in [0.2, 0.25) is 0 Å². The molecule has 5 nitrogen and oxygen atoms in total. The highest BCUT2D eigenvalue weighted by atomic mass is 32.2. The first-order valence-electron chi connectivity index (χ1n) is 10.9. The predicted octanol–water partition coefficient (Wildman–Crippen LogP) is 5.34. The van der Waals surface area contributed by atoms with Crippen LogP contribution in [0.15, 0.2) is 114 Å². The minimum atomic E-state index is -3.83. The molecular weight excluding hydrogens is 444 g/mol. The molecule has 0 saturated heterocycles. The molecule has 1 N–H and O–H groups in total. The quantitative estimate of drug-likeness (QED) is 0.397. The largest absolute Gasteiger partial charge is 0.341 e. The van der Waals surface area contributed by atoms with Gasteiger partial charge in [-0.3, -0.25) is 9.10 Å². The van der Waals surface area contributed by atoms with Gasteiger partial charge in [0.2, 0.25) is 0 Å². The van der Waals surface area contributed by atoms with Crippen molar-refractivity contribution >= 4 is 21.6 Å². The third-order valence-corrected chi connectivity index (χ3v) is 7.49. The summed E-state index contributed by atoms with van der Waals surface area (Å²) in [5.74, 6) is -0.361. The van der Waals surface area contributed by atoms with E-state index in [1.54, 1.807) is 42.5 Å². The van der Waals surface area contributed by atoms with Gasteiger partial charge in [0, 0.05) is 7.05 Å². The molecule has 4 aromatic rings. The summed E-state index contributed by atoms with van der Waals surface area (Å²) in [7, 11) is -2.37. The standard InChI is InChI=1S/C28H26N2O3S/c1-21-17-19-23(20-18-21)27(22-11-5-3-6-12-22)29-28(31)25-15-9-10-16-26(25)30(2)34(32,33)24-13-7-4-8-14-24/h3-20,27H,1-2H3,(H,29,31)/t27-/m0/s1. The van der Waals surface area contributed by atoms with Crippen molar-refractivity contribution in [2.24, 2.45) is 0 Å². The van der Waals surface area contributed by atoms with Crippen molar-refractivity contribution in [1.29, 1.82) is 0 Å². The van der Waals surface area contributed by atoms with Gasteiger partial charge < -0.3 is 5.32 Å². The first kappa shape index (κ1) is 23.3. The molecule has 34 heavy (non-hydrogen) atoms. The van der Waals surface area contributed by atoms with Crippen LogP contribution in [0.3, 0.4) is 0 Å². The number of amides is 1. The van der Waals surface area contributed by atoms with Crippen LogP contribution in [0.25, 0.3) is 0 Å². The summed E-state index contributed by atoms with van der Waals surface area (Å²) in [5, 5.41) is 3.11. The number of carbonyl (C=O) groups is 1. The molecule has 0 aromatic heterocycles. The molecule has 0 fully saturated rings. The Morgan fingerprint density at radius 2 is 1.26 bits per heavy atom. The van der Waals surface area contributed by atoms with Crippen LogP contribution < -0.4 is 9.62 Å². The average Bonchev–Trinajstić information content (AvgIpc) is 2.88. The Labute approximate surface area is 200 Å². The second-order valence-corrected chi connectivity index (χ2v) is 10.00. The van der Waals surface area contributed by atoms with E-state index in [9.17, 15) is 13.2 Å². The maximum absolute atomic E-state index is 13.5. The number of nitrogens with zero attached hydrogens (tertiary/aromatic N) is 1. The van der Waals surface area contributed by atoms with Crippen LogP contribution in [0, 0.1) is 6.92 Å². The number of hydrogen-bond acceptors (Lipinski definition) is 3. The molecular formula is C28H26N2O3S. The first-order valence-corrected chi connectivity index (χ1v) is 12.4. The molecule has 4 rings (SSSR count). The predicted molar refractivity (Wildman–Crippen MR) is 135 cm³/mol.